The first-order chi connectivity index (χ1) is 4.93. The second-order valence-corrected chi connectivity index (χ2v) is 2.57. The number of hydrogen-bond acceptors (Lipinski definition) is 1. The molecule has 1 nitrogen and oxygen atoms in total. The highest BCUT2D eigenvalue weighted by molar-refractivity contribution is 9.09. The lowest BCUT2D eigenvalue weighted by Gasteiger charge is -2.00. The van der Waals surface area contributed by atoms with Gasteiger partial charge in [-0.15, -0.1) is 0 Å². The van der Waals surface area contributed by atoms with E-state index in [1.807, 2.05) is 24.3 Å². The zero-order chi connectivity index (χ0) is 7.23. The van der Waals surface area contributed by atoms with Crippen LogP contribution in [0.5, 0.6) is 5.75 Å². The molecule has 0 aliphatic heterocycles. The molecule has 53 valence electrons. The molecule has 0 aromatic heterocycles. The molecular weight excluding hydrogens is 192 g/mol. The second kappa shape index (κ2) is 4.34. The second-order valence-electron chi connectivity index (χ2n) is 1.78. The van der Waals surface area contributed by atoms with Crippen molar-refractivity contribution in [2.75, 3.05) is 11.9 Å². The van der Waals surface area contributed by atoms with Gasteiger partial charge in [0.05, 0.1) is 6.61 Å². The SMILES string of the molecule is BrCCOc1c[c]ccc1. The molecule has 1 rings (SSSR count). The van der Waals surface area contributed by atoms with Gasteiger partial charge in [0.15, 0.2) is 0 Å². The van der Waals surface area contributed by atoms with Crippen LogP contribution >= 0.6 is 15.9 Å². The molecule has 0 spiro atoms. The zero-order valence-corrected chi connectivity index (χ0v) is 7.10. The third-order valence-corrected chi connectivity index (χ3v) is 1.35. The third-order valence-electron chi connectivity index (χ3n) is 1.02. The molecule has 10 heavy (non-hydrogen) atoms. The summed E-state index contributed by atoms with van der Waals surface area (Å²) in [6, 6.07) is 10.4. The van der Waals surface area contributed by atoms with E-state index in [2.05, 4.69) is 22.0 Å². The molecule has 1 aromatic rings. The first-order valence-electron chi connectivity index (χ1n) is 3.08. The standard InChI is InChI=1S/C8H8BrO/c9-6-7-10-8-4-2-1-3-5-8/h1-2,4-5H,6-7H2. The quantitative estimate of drug-likeness (QED) is 0.680. The first-order valence-corrected chi connectivity index (χ1v) is 4.20. The monoisotopic (exact) mass is 199 g/mol. The fourth-order valence-corrected chi connectivity index (χ4v) is 0.785. The van der Waals surface area contributed by atoms with Crippen LogP contribution in [0.1, 0.15) is 0 Å². The Hall–Kier alpha value is -0.500. The molecule has 0 aliphatic carbocycles. The predicted molar refractivity (Wildman–Crippen MR) is 44.6 cm³/mol. The number of halogens is 1. The summed E-state index contributed by atoms with van der Waals surface area (Å²) in [7, 11) is 0. The maximum absolute atomic E-state index is 5.28. The van der Waals surface area contributed by atoms with Gasteiger partial charge in [0.1, 0.15) is 5.75 Å². The summed E-state index contributed by atoms with van der Waals surface area (Å²) in [5, 5.41) is 0.863. The van der Waals surface area contributed by atoms with Crippen molar-refractivity contribution in [3.05, 3.63) is 30.3 Å². The smallest absolute Gasteiger partial charge is 0.119 e. The summed E-state index contributed by atoms with van der Waals surface area (Å²) in [6.45, 7) is 0.706. The van der Waals surface area contributed by atoms with Gasteiger partial charge in [0, 0.05) is 5.33 Å². The lowest BCUT2D eigenvalue weighted by Crippen LogP contribution is -1.96. The van der Waals surface area contributed by atoms with Crippen LogP contribution in [-0.4, -0.2) is 11.9 Å². The number of alkyl halides is 1. The molecule has 0 aliphatic rings. The average molecular weight is 200 g/mol. The third kappa shape index (κ3) is 2.40. The summed E-state index contributed by atoms with van der Waals surface area (Å²) in [6.07, 6.45) is 0. The van der Waals surface area contributed by atoms with Gasteiger partial charge in [-0.2, -0.15) is 0 Å². The molecule has 0 fully saturated rings. The fourth-order valence-electron chi connectivity index (χ4n) is 0.623. The Kier molecular flexibility index (Phi) is 3.30. The summed E-state index contributed by atoms with van der Waals surface area (Å²) in [4.78, 5) is 0. The van der Waals surface area contributed by atoms with Gasteiger partial charge in [-0.25, -0.2) is 0 Å². The van der Waals surface area contributed by atoms with E-state index in [0.717, 1.165) is 11.1 Å². The Labute approximate surface area is 69.1 Å². The molecule has 0 heterocycles. The fraction of sp³-hybridized carbons (Fsp3) is 0.250. The zero-order valence-electron chi connectivity index (χ0n) is 5.51. The number of ether oxygens (including phenoxy) is 1. The van der Waals surface area contributed by atoms with Gasteiger partial charge in [-0.3, -0.25) is 0 Å². The van der Waals surface area contributed by atoms with Crippen molar-refractivity contribution < 1.29 is 4.74 Å². The molecule has 0 saturated heterocycles. The van der Waals surface area contributed by atoms with Gasteiger partial charge in [0.25, 0.3) is 0 Å². The van der Waals surface area contributed by atoms with Crippen molar-refractivity contribution in [3.63, 3.8) is 0 Å². The van der Waals surface area contributed by atoms with Gasteiger partial charge in [-0.05, 0) is 18.2 Å². The molecule has 1 aromatic carbocycles. The van der Waals surface area contributed by atoms with Gasteiger partial charge in [0.2, 0.25) is 0 Å². The van der Waals surface area contributed by atoms with E-state index in [0.29, 0.717) is 6.61 Å². The summed E-state index contributed by atoms with van der Waals surface area (Å²) < 4.78 is 5.28. The molecule has 0 amide bonds. The van der Waals surface area contributed by atoms with Crippen molar-refractivity contribution in [1.82, 2.24) is 0 Å². The van der Waals surface area contributed by atoms with Gasteiger partial charge >= 0.3 is 0 Å². The molecular formula is C8H8BrO. The van der Waals surface area contributed by atoms with Gasteiger partial charge < -0.3 is 4.74 Å². The van der Waals surface area contributed by atoms with Crippen LogP contribution in [0.4, 0.5) is 0 Å². The molecule has 0 unspecified atom stereocenters. The van der Waals surface area contributed by atoms with Gasteiger partial charge in [-0.1, -0.05) is 28.1 Å². The van der Waals surface area contributed by atoms with Crippen LogP contribution < -0.4 is 4.74 Å². The van der Waals surface area contributed by atoms with E-state index in [-0.39, 0.29) is 0 Å². The van der Waals surface area contributed by atoms with Crippen LogP contribution in [0, 0.1) is 6.07 Å². The van der Waals surface area contributed by atoms with Crippen LogP contribution in [0.2, 0.25) is 0 Å². The van der Waals surface area contributed by atoms with E-state index < -0.39 is 0 Å². The molecule has 0 N–H and O–H groups in total. The highest BCUT2D eigenvalue weighted by Gasteiger charge is 1.87. The summed E-state index contributed by atoms with van der Waals surface area (Å²) in [5.74, 6) is 0.877. The van der Waals surface area contributed by atoms with Crippen LogP contribution in [0.25, 0.3) is 0 Å². The number of benzene rings is 1. The van der Waals surface area contributed by atoms with E-state index in [1.54, 1.807) is 0 Å². The van der Waals surface area contributed by atoms with Crippen molar-refractivity contribution in [2.24, 2.45) is 0 Å². The summed E-state index contributed by atoms with van der Waals surface area (Å²) >= 11 is 3.27. The molecule has 0 saturated carbocycles. The van der Waals surface area contributed by atoms with Crippen molar-refractivity contribution in [2.45, 2.75) is 0 Å². The van der Waals surface area contributed by atoms with E-state index >= 15 is 0 Å². The molecule has 1 radical (unpaired) electrons. The minimum Gasteiger partial charge on any atom is -0.493 e. The maximum Gasteiger partial charge on any atom is 0.119 e. The van der Waals surface area contributed by atoms with Crippen molar-refractivity contribution in [3.8, 4) is 5.75 Å². The van der Waals surface area contributed by atoms with Crippen LogP contribution in [-0.2, 0) is 0 Å². The first kappa shape index (κ1) is 7.61. The van der Waals surface area contributed by atoms with Crippen molar-refractivity contribution >= 4 is 15.9 Å². The minimum absolute atomic E-state index is 0.706. The molecule has 0 bridgehead atoms. The molecule has 0 atom stereocenters. The lowest BCUT2D eigenvalue weighted by molar-refractivity contribution is 0.345. The average Bonchev–Trinajstić information content (AvgIpc) is 2.03. The predicted octanol–water partition coefficient (Wildman–Crippen LogP) is 2.26. The van der Waals surface area contributed by atoms with Crippen LogP contribution in [0.15, 0.2) is 24.3 Å². The van der Waals surface area contributed by atoms with E-state index in [1.165, 1.54) is 0 Å². The maximum atomic E-state index is 5.28. The Morgan fingerprint density at radius 2 is 2.50 bits per heavy atom. The largest absolute Gasteiger partial charge is 0.493 e. The Balaban J connectivity index is 2.43. The van der Waals surface area contributed by atoms with E-state index in [9.17, 15) is 0 Å². The van der Waals surface area contributed by atoms with E-state index in [4.69, 9.17) is 4.74 Å². The number of rotatable bonds is 3. The normalized spacial score (nSPS) is 9.30. The number of hydrogen-bond donors (Lipinski definition) is 0. The highest BCUT2D eigenvalue weighted by atomic mass is 79.9. The Morgan fingerprint density at radius 3 is 3.10 bits per heavy atom. The molecule has 2 heteroatoms. The Morgan fingerprint density at radius 1 is 1.60 bits per heavy atom. The lowest BCUT2D eigenvalue weighted by atomic mass is 10.3. The topological polar surface area (TPSA) is 9.23 Å². The minimum atomic E-state index is 0.706. The summed E-state index contributed by atoms with van der Waals surface area (Å²) in [5.41, 5.74) is 0. The van der Waals surface area contributed by atoms with Crippen molar-refractivity contribution in [1.29, 1.82) is 0 Å². The van der Waals surface area contributed by atoms with Crippen LogP contribution in [0.3, 0.4) is 0 Å². The Bertz CT molecular complexity index is 174. The highest BCUT2D eigenvalue weighted by Crippen LogP contribution is 2.07.